The van der Waals surface area contributed by atoms with Crippen LogP contribution in [-0.4, -0.2) is 51.3 Å². The van der Waals surface area contributed by atoms with E-state index in [0.717, 1.165) is 41.7 Å². The van der Waals surface area contributed by atoms with Crippen LogP contribution in [0.1, 0.15) is 12.0 Å². The van der Waals surface area contributed by atoms with Gasteiger partial charge in [-0.05, 0) is 29.8 Å². The summed E-state index contributed by atoms with van der Waals surface area (Å²) in [7, 11) is 3.78. The molecule has 0 radical (unpaired) electrons. The topological polar surface area (TPSA) is 55.3 Å². The molecule has 0 bridgehead atoms. The lowest BCUT2D eigenvalue weighted by Crippen LogP contribution is -2.40. The van der Waals surface area contributed by atoms with Crippen LogP contribution in [0.25, 0.3) is 0 Å². The SMILES string of the molecule is CN=C(NCc1ccc2c(c1)OCCCO2)N(C)CCOc1ccccc1. The minimum atomic E-state index is 0.589. The molecule has 0 fully saturated rings. The average Bonchev–Trinajstić information content (AvgIpc) is 2.94. The van der Waals surface area contributed by atoms with Crippen molar-refractivity contribution in [2.24, 2.45) is 4.99 Å². The molecule has 0 aliphatic carbocycles. The van der Waals surface area contributed by atoms with Gasteiger partial charge in [-0.1, -0.05) is 24.3 Å². The summed E-state index contributed by atoms with van der Waals surface area (Å²) in [5.74, 6) is 3.32. The Kier molecular flexibility index (Phi) is 6.79. The highest BCUT2D eigenvalue weighted by atomic mass is 16.5. The lowest BCUT2D eigenvalue weighted by molar-refractivity contribution is 0.281. The molecule has 1 N–H and O–H groups in total. The van der Waals surface area contributed by atoms with Crippen molar-refractivity contribution < 1.29 is 14.2 Å². The number of benzene rings is 2. The van der Waals surface area contributed by atoms with Gasteiger partial charge < -0.3 is 24.4 Å². The van der Waals surface area contributed by atoms with Gasteiger partial charge in [-0.2, -0.15) is 0 Å². The van der Waals surface area contributed by atoms with Gasteiger partial charge in [-0.25, -0.2) is 0 Å². The molecule has 0 saturated carbocycles. The second kappa shape index (κ2) is 9.71. The fraction of sp³-hybridized carbons (Fsp3) is 0.381. The second-order valence-corrected chi connectivity index (χ2v) is 6.32. The molecular formula is C21H27N3O3. The summed E-state index contributed by atoms with van der Waals surface area (Å²) < 4.78 is 17.2. The first kappa shape index (κ1) is 18.9. The Morgan fingerprint density at radius 3 is 2.67 bits per heavy atom. The first-order valence-corrected chi connectivity index (χ1v) is 9.24. The first-order valence-electron chi connectivity index (χ1n) is 9.24. The zero-order chi connectivity index (χ0) is 18.9. The van der Waals surface area contributed by atoms with Crippen molar-refractivity contribution >= 4 is 5.96 Å². The Bertz CT molecular complexity index is 750. The van der Waals surface area contributed by atoms with E-state index in [0.29, 0.717) is 26.4 Å². The molecule has 0 aromatic heterocycles. The van der Waals surface area contributed by atoms with Crippen LogP contribution in [0.2, 0.25) is 0 Å². The normalized spacial score (nSPS) is 13.6. The molecule has 2 aromatic rings. The summed E-state index contributed by atoms with van der Waals surface area (Å²) in [6.45, 7) is 3.37. The van der Waals surface area contributed by atoms with Gasteiger partial charge >= 0.3 is 0 Å². The van der Waals surface area contributed by atoms with E-state index in [4.69, 9.17) is 14.2 Å². The van der Waals surface area contributed by atoms with Crippen molar-refractivity contribution in [3.05, 3.63) is 54.1 Å². The molecule has 144 valence electrons. The molecule has 0 unspecified atom stereocenters. The zero-order valence-corrected chi connectivity index (χ0v) is 16.0. The van der Waals surface area contributed by atoms with Gasteiger partial charge in [0.1, 0.15) is 12.4 Å². The molecule has 27 heavy (non-hydrogen) atoms. The highest BCUT2D eigenvalue weighted by Gasteiger charge is 2.11. The summed E-state index contributed by atoms with van der Waals surface area (Å²) in [5, 5.41) is 3.38. The maximum absolute atomic E-state index is 5.75. The van der Waals surface area contributed by atoms with Crippen LogP contribution in [0.5, 0.6) is 17.2 Å². The van der Waals surface area contributed by atoms with E-state index >= 15 is 0 Å². The standard InChI is InChI=1S/C21H27N3O3/c1-22-21(24(2)11-14-25-18-7-4-3-5-8-18)23-16-17-9-10-19-20(15-17)27-13-6-12-26-19/h3-5,7-10,15H,6,11-14,16H2,1-2H3,(H,22,23). The fourth-order valence-electron chi connectivity index (χ4n) is 2.81. The highest BCUT2D eigenvalue weighted by molar-refractivity contribution is 5.79. The third kappa shape index (κ3) is 5.54. The van der Waals surface area contributed by atoms with E-state index in [-0.39, 0.29) is 0 Å². The molecule has 2 aromatic carbocycles. The largest absolute Gasteiger partial charge is 0.492 e. The fourth-order valence-corrected chi connectivity index (χ4v) is 2.81. The number of fused-ring (bicyclic) bond motifs is 1. The van der Waals surface area contributed by atoms with Crippen LogP contribution in [0, 0.1) is 0 Å². The van der Waals surface area contributed by atoms with Crippen molar-refractivity contribution in [1.29, 1.82) is 0 Å². The summed E-state index contributed by atoms with van der Waals surface area (Å²) in [6.07, 6.45) is 0.907. The Labute approximate surface area is 160 Å². The minimum absolute atomic E-state index is 0.589. The van der Waals surface area contributed by atoms with Crippen molar-refractivity contribution in [3.8, 4) is 17.2 Å². The van der Waals surface area contributed by atoms with Crippen molar-refractivity contribution in [2.75, 3.05) is 40.5 Å². The van der Waals surface area contributed by atoms with Crippen LogP contribution in [0.4, 0.5) is 0 Å². The van der Waals surface area contributed by atoms with E-state index in [1.54, 1.807) is 7.05 Å². The molecule has 1 aliphatic heterocycles. The number of ether oxygens (including phenoxy) is 3. The Balaban J connectivity index is 1.49. The van der Waals surface area contributed by atoms with Crippen molar-refractivity contribution in [2.45, 2.75) is 13.0 Å². The van der Waals surface area contributed by atoms with E-state index in [2.05, 4.69) is 10.3 Å². The number of nitrogens with zero attached hydrogens (tertiary/aromatic N) is 2. The van der Waals surface area contributed by atoms with E-state index in [9.17, 15) is 0 Å². The number of guanidine groups is 1. The molecule has 6 nitrogen and oxygen atoms in total. The smallest absolute Gasteiger partial charge is 0.193 e. The van der Waals surface area contributed by atoms with Gasteiger partial charge in [-0.3, -0.25) is 4.99 Å². The zero-order valence-electron chi connectivity index (χ0n) is 16.0. The summed E-state index contributed by atoms with van der Waals surface area (Å²) in [5.41, 5.74) is 1.12. The van der Waals surface area contributed by atoms with Crippen molar-refractivity contribution in [3.63, 3.8) is 0 Å². The maximum Gasteiger partial charge on any atom is 0.193 e. The number of rotatable bonds is 6. The van der Waals surface area contributed by atoms with Gasteiger partial charge in [0, 0.05) is 27.1 Å². The Morgan fingerprint density at radius 1 is 1.11 bits per heavy atom. The van der Waals surface area contributed by atoms with Gasteiger partial charge in [0.05, 0.1) is 19.8 Å². The lowest BCUT2D eigenvalue weighted by atomic mass is 10.2. The molecule has 0 amide bonds. The predicted molar refractivity (Wildman–Crippen MR) is 107 cm³/mol. The quantitative estimate of drug-likeness (QED) is 0.627. The second-order valence-electron chi connectivity index (χ2n) is 6.32. The van der Waals surface area contributed by atoms with Crippen LogP contribution < -0.4 is 19.5 Å². The van der Waals surface area contributed by atoms with Crippen LogP contribution in [-0.2, 0) is 6.54 Å². The van der Waals surface area contributed by atoms with E-state index in [1.165, 1.54) is 0 Å². The number of hydrogen-bond acceptors (Lipinski definition) is 4. The van der Waals surface area contributed by atoms with Gasteiger partial charge in [0.2, 0.25) is 0 Å². The van der Waals surface area contributed by atoms with Crippen molar-refractivity contribution in [1.82, 2.24) is 10.2 Å². The summed E-state index contributed by atoms with van der Waals surface area (Å²) >= 11 is 0. The van der Waals surface area contributed by atoms with E-state index in [1.807, 2.05) is 60.5 Å². The van der Waals surface area contributed by atoms with Gasteiger partial charge in [0.25, 0.3) is 0 Å². The molecule has 3 rings (SSSR count). The van der Waals surface area contributed by atoms with Crippen LogP contribution in [0.15, 0.2) is 53.5 Å². The molecule has 6 heteroatoms. The van der Waals surface area contributed by atoms with Gasteiger partial charge in [0.15, 0.2) is 17.5 Å². The molecule has 0 spiro atoms. The molecular weight excluding hydrogens is 342 g/mol. The third-order valence-electron chi connectivity index (χ3n) is 4.27. The number of likely N-dealkylation sites (N-methyl/N-ethyl adjacent to an activating group) is 1. The van der Waals surface area contributed by atoms with Gasteiger partial charge in [-0.15, -0.1) is 0 Å². The minimum Gasteiger partial charge on any atom is -0.492 e. The number of nitrogens with one attached hydrogen (secondary N) is 1. The molecule has 1 heterocycles. The molecule has 0 saturated heterocycles. The average molecular weight is 369 g/mol. The number of para-hydroxylation sites is 1. The first-order chi connectivity index (χ1) is 13.3. The van der Waals surface area contributed by atoms with E-state index < -0.39 is 0 Å². The monoisotopic (exact) mass is 369 g/mol. The number of aliphatic imine (C=N–C) groups is 1. The summed E-state index contributed by atoms with van der Waals surface area (Å²) in [6, 6.07) is 15.9. The maximum atomic E-state index is 5.75. The number of hydrogen-bond donors (Lipinski definition) is 1. The third-order valence-corrected chi connectivity index (χ3v) is 4.27. The van der Waals surface area contributed by atoms with Crippen LogP contribution >= 0.6 is 0 Å². The highest BCUT2D eigenvalue weighted by Crippen LogP contribution is 2.30. The Hall–Kier alpha value is -2.89. The van der Waals surface area contributed by atoms with Crippen LogP contribution in [0.3, 0.4) is 0 Å². The molecule has 0 atom stereocenters. The lowest BCUT2D eigenvalue weighted by Gasteiger charge is -2.22. The summed E-state index contributed by atoms with van der Waals surface area (Å²) in [4.78, 5) is 6.40. The predicted octanol–water partition coefficient (Wildman–Crippen LogP) is 2.93. The molecule has 1 aliphatic rings. The Morgan fingerprint density at radius 2 is 1.89 bits per heavy atom.